The molecule has 100 valence electrons. The van der Waals surface area contributed by atoms with Gasteiger partial charge in [0.15, 0.2) is 0 Å². The quantitative estimate of drug-likeness (QED) is 0.645. The molecule has 0 bridgehead atoms. The smallest absolute Gasteiger partial charge is 0.108 e. The van der Waals surface area contributed by atoms with Crippen molar-refractivity contribution in [2.45, 2.75) is 13.0 Å². The summed E-state index contributed by atoms with van der Waals surface area (Å²) in [5.41, 5.74) is 2.43. The molecule has 0 N–H and O–H groups in total. The van der Waals surface area contributed by atoms with Gasteiger partial charge in [0, 0.05) is 6.61 Å². The lowest BCUT2D eigenvalue weighted by atomic mass is 9.96. The van der Waals surface area contributed by atoms with Gasteiger partial charge in [-0.05, 0) is 28.8 Å². The first-order valence-corrected chi connectivity index (χ1v) is 7.04. The van der Waals surface area contributed by atoms with Gasteiger partial charge >= 0.3 is 0 Å². The molecule has 1 unspecified atom stereocenters. The molecule has 0 aliphatic carbocycles. The highest BCUT2D eigenvalue weighted by molar-refractivity contribution is 5.86. The SMILES string of the molecule is CCOC(c1ccccc1)c1cccc2ccccc12. The van der Waals surface area contributed by atoms with Crippen LogP contribution in [0.5, 0.6) is 0 Å². The van der Waals surface area contributed by atoms with E-state index in [4.69, 9.17) is 4.74 Å². The monoisotopic (exact) mass is 262 g/mol. The molecule has 0 heterocycles. The van der Waals surface area contributed by atoms with E-state index in [1.807, 2.05) is 13.0 Å². The summed E-state index contributed by atoms with van der Waals surface area (Å²) in [6.07, 6.45) is -0.00713. The Hall–Kier alpha value is -2.12. The van der Waals surface area contributed by atoms with E-state index in [0.717, 1.165) is 0 Å². The molecule has 0 aromatic heterocycles. The molecule has 0 fully saturated rings. The summed E-state index contributed by atoms with van der Waals surface area (Å²) < 4.78 is 6.02. The normalized spacial score (nSPS) is 12.4. The van der Waals surface area contributed by atoms with Crippen molar-refractivity contribution in [1.29, 1.82) is 0 Å². The van der Waals surface area contributed by atoms with Crippen LogP contribution in [0.4, 0.5) is 0 Å². The molecule has 0 aliphatic rings. The maximum Gasteiger partial charge on any atom is 0.108 e. The Morgan fingerprint density at radius 1 is 0.800 bits per heavy atom. The molecule has 0 aliphatic heterocycles. The average molecular weight is 262 g/mol. The molecule has 3 rings (SSSR count). The average Bonchev–Trinajstić information content (AvgIpc) is 2.53. The number of hydrogen-bond donors (Lipinski definition) is 0. The molecule has 0 spiro atoms. The minimum Gasteiger partial charge on any atom is -0.369 e. The Morgan fingerprint density at radius 3 is 2.30 bits per heavy atom. The van der Waals surface area contributed by atoms with E-state index in [1.54, 1.807) is 0 Å². The molecule has 1 atom stereocenters. The Labute approximate surface area is 119 Å². The molecule has 0 amide bonds. The lowest BCUT2D eigenvalue weighted by molar-refractivity contribution is 0.0923. The summed E-state index contributed by atoms with van der Waals surface area (Å²) in [6, 6.07) is 25.3. The van der Waals surface area contributed by atoms with Crippen LogP contribution in [0, 0.1) is 0 Å². The maximum atomic E-state index is 6.02. The van der Waals surface area contributed by atoms with Crippen molar-refractivity contribution >= 4 is 10.8 Å². The minimum absolute atomic E-state index is 0.00713. The zero-order valence-corrected chi connectivity index (χ0v) is 11.6. The van der Waals surface area contributed by atoms with Gasteiger partial charge in [0.1, 0.15) is 6.10 Å². The van der Waals surface area contributed by atoms with Crippen molar-refractivity contribution in [2.75, 3.05) is 6.61 Å². The lowest BCUT2D eigenvalue weighted by Crippen LogP contribution is -2.06. The predicted octanol–water partition coefficient (Wildman–Crippen LogP) is 4.97. The van der Waals surface area contributed by atoms with Crippen molar-refractivity contribution in [3.05, 3.63) is 83.9 Å². The number of rotatable bonds is 4. The molecular weight excluding hydrogens is 244 g/mol. The van der Waals surface area contributed by atoms with Gasteiger partial charge < -0.3 is 4.74 Å². The summed E-state index contributed by atoms with van der Waals surface area (Å²) in [6.45, 7) is 2.74. The van der Waals surface area contributed by atoms with E-state index in [2.05, 4.69) is 66.7 Å². The summed E-state index contributed by atoms with van der Waals surface area (Å²) in [5.74, 6) is 0. The molecule has 1 heteroatoms. The van der Waals surface area contributed by atoms with Gasteiger partial charge in [0.2, 0.25) is 0 Å². The molecule has 0 radical (unpaired) electrons. The standard InChI is InChI=1S/C19H18O/c1-2-20-19(16-10-4-3-5-11-16)18-14-8-12-15-9-6-7-13-17(15)18/h3-14,19H,2H2,1H3. The van der Waals surface area contributed by atoms with Crippen LogP contribution in [0.15, 0.2) is 72.8 Å². The van der Waals surface area contributed by atoms with Crippen molar-refractivity contribution in [1.82, 2.24) is 0 Å². The highest BCUT2D eigenvalue weighted by Gasteiger charge is 2.16. The van der Waals surface area contributed by atoms with Crippen molar-refractivity contribution in [2.24, 2.45) is 0 Å². The first-order chi connectivity index (χ1) is 9.90. The molecule has 1 nitrogen and oxygen atoms in total. The van der Waals surface area contributed by atoms with E-state index in [1.165, 1.54) is 21.9 Å². The lowest BCUT2D eigenvalue weighted by Gasteiger charge is -2.20. The van der Waals surface area contributed by atoms with Crippen LogP contribution < -0.4 is 0 Å². The van der Waals surface area contributed by atoms with Crippen LogP contribution in [-0.2, 0) is 4.74 Å². The number of benzene rings is 3. The van der Waals surface area contributed by atoms with E-state index in [0.29, 0.717) is 6.61 Å². The minimum atomic E-state index is -0.00713. The number of ether oxygens (including phenoxy) is 1. The van der Waals surface area contributed by atoms with Gasteiger partial charge in [-0.3, -0.25) is 0 Å². The Bertz CT molecular complexity index is 683. The van der Waals surface area contributed by atoms with Crippen LogP contribution >= 0.6 is 0 Å². The largest absolute Gasteiger partial charge is 0.369 e. The van der Waals surface area contributed by atoms with Gasteiger partial charge in [-0.2, -0.15) is 0 Å². The zero-order valence-electron chi connectivity index (χ0n) is 11.6. The van der Waals surface area contributed by atoms with Crippen molar-refractivity contribution in [3.63, 3.8) is 0 Å². The van der Waals surface area contributed by atoms with Crippen LogP contribution in [0.25, 0.3) is 10.8 Å². The molecule has 20 heavy (non-hydrogen) atoms. The molecule has 3 aromatic carbocycles. The first-order valence-electron chi connectivity index (χ1n) is 7.04. The summed E-state index contributed by atoms with van der Waals surface area (Å²) in [7, 11) is 0. The first kappa shape index (κ1) is 12.9. The Balaban J connectivity index is 2.15. The molecule has 3 aromatic rings. The molecular formula is C19H18O. The zero-order chi connectivity index (χ0) is 13.8. The van der Waals surface area contributed by atoms with E-state index in [-0.39, 0.29) is 6.10 Å². The van der Waals surface area contributed by atoms with E-state index >= 15 is 0 Å². The maximum absolute atomic E-state index is 6.02. The van der Waals surface area contributed by atoms with Gasteiger partial charge in [-0.25, -0.2) is 0 Å². The summed E-state index contributed by atoms with van der Waals surface area (Å²) in [4.78, 5) is 0. The van der Waals surface area contributed by atoms with Crippen LogP contribution in [0.3, 0.4) is 0 Å². The van der Waals surface area contributed by atoms with E-state index in [9.17, 15) is 0 Å². The van der Waals surface area contributed by atoms with Crippen molar-refractivity contribution in [3.8, 4) is 0 Å². The third-order valence-corrected chi connectivity index (χ3v) is 3.54. The Kier molecular flexibility index (Phi) is 3.80. The summed E-state index contributed by atoms with van der Waals surface area (Å²) >= 11 is 0. The third-order valence-electron chi connectivity index (χ3n) is 3.54. The number of fused-ring (bicyclic) bond motifs is 1. The summed E-state index contributed by atoms with van der Waals surface area (Å²) in [5, 5.41) is 2.52. The van der Waals surface area contributed by atoms with Gasteiger partial charge in [-0.1, -0.05) is 72.8 Å². The second-order valence-electron chi connectivity index (χ2n) is 4.81. The third kappa shape index (κ3) is 2.45. The van der Waals surface area contributed by atoms with Crippen molar-refractivity contribution < 1.29 is 4.74 Å². The fraction of sp³-hybridized carbons (Fsp3) is 0.158. The predicted molar refractivity (Wildman–Crippen MR) is 83.9 cm³/mol. The highest BCUT2D eigenvalue weighted by atomic mass is 16.5. The van der Waals surface area contributed by atoms with Gasteiger partial charge in [-0.15, -0.1) is 0 Å². The van der Waals surface area contributed by atoms with Crippen LogP contribution in [0.2, 0.25) is 0 Å². The fourth-order valence-corrected chi connectivity index (χ4v) is 2.64. The van der Waals surface area contributed by atoms with Gasteiger partial charge in [0.25, 0.3) is 0 Å². The van der Waals surface area contributed by atoms with Crippen LogP contribution in [0.1, 0.15) is 24.2 Å². The number of hydrogen-bond acceptors (Lipinski definition) is 1. The second-order valence-corrected chi connectivity index (χ2v) is 4.81. The fourth-order valence-electron chi connectivity index (χ4n) is 2.64. The van der Waals surface area contributed by atoms with Crippen LogP contribution in [-0.4, -0.2) is 6.61 Å². The second kappa shape index (κ2) is 5.89. The Morgan fingerprint density at radius 2 is 1.50 bits per heavy atom. The topological polar surface area (TPSA) is 9.23 Å². The molecule has 0 saturated carbocycles. The van der Waals surface area contributed by atoms with E-state index < -0.39 is 0 Å². The highest BCUT2D eigenvalue weighted by Crippen LogP contribution is 2.31. The van der Waals surface area contributed by atoms with Gasteiger partial charge in [0.05, 0.1) is 0 Å². The molecule has 0 saturated heterocycles.